The van der Waals surface area contributed by atoms with E-state index in [0.717, 1.165) is 16.9 Å². The number of ether oxygens (including phenoxy) is 1. The first-order chi connectivity index (χ1) is 8.74. The number of nitrogens with two attached hydrogens (primary N) is 1. The van der Waals surface area contributed by atoms with Crippen LogP contribution < -0.4 is 10.5 Å². The Hall–Kier alpha value is -2.00. The molecule has 0 radical (unpaired) electrons. The van der Waals surface area contributed by atoms with Gasteiger partial charge >= 0.3 is 0 Å². The van der Waals surface area contributed by atoms with Crippen LogP contribution in [0.3, 0.4) is 0 Å². The summed E-state index contributed by atoms with van der Waals surface area (Å²) in [5.74, 6) is 1.24. The van der Waals surface area contributed by atoms with Gasteiger partial charge in [-0.25, -0.2) is 0 Å². The maximum Gasteiger partial charge on any atom is 0.118 e. The number of hydrogen-bond acceptors (Lipinski definition) is 3. The average Bonchev–Trinajstić information content (AvgIpc) is 2.42. The Morgan fingerprint density at radius 3 is 1.94 bits per heavy atom. The van der Waals surface area contributed by atoms with Gasteiger partial charge in [0, 0.05) is 12.5 Å². The van der Waals surface area contributed by atoms with Crippen LogP contribution in [0, 0.1) is 0 Å². The van der Waals surface area contributed by atoms with Crippen molar-refractivity contribution in [1.29, 1.82) is 0 Å². The molecule has 0 saturated heterocycles. The zero-order valence-electron chi connectivity index (χ0n) is 10.3. The summed E-state index contributed by atoms with van der Waals surface area (Å²) in [5.41, 5.74) is 8.09. The first kappa shape index (κ1) is 12.5. The number of phenolic OH excluding ortho intramolecular Hbond substituents is 1. The van der Waals surface area contributed by atoms with E-state index in [1.54, 1.807) is 19.2 Å². The van der Waals surface area contributed by atoms with Crippen LogP contribution in [0.25, 0.3) is 0 Å². The van der Waals surface area contributed by atoms with Crippen LogP contribution in [0.2, 0.25) is 0 Å². The minimum atomic E-state index is 0.136. The van der Waals surface area contributed by atoms with Crippen molar-refractivity contribution >= 4 is 0 Å². The molecule has 18 heavy (non-hydrogen) atoms. The maximum absolute atomic E-state index is 9.30. The number of aromatic hydroxyl groups is 1. The topological polar surface area (TPSA) is 55.5 Å². The second-order valence-electron chi connectivity index (χ2n) is 4.15. The zero-order valence-corrected chi connectivity index (χ0v) is 10.3. The largest absolute Gasteiger partial charge is 0.508 e. The molecule has 2 aromatic carbocycles. The van der Waals surface area contributed by atoms with Crippen molar-refractivity contribution in [3.63, 3.8) is 0 Å². The zero-order chi connectivity index (χ0) is 13.0. The second kappa shape index (κ2) is 5.56. The second-order valence-corrected chi connectivity index (χ2v) is 4.15. The molecule has 0 aliphatic heterocycles. The number of rotatable bonds is 4. The van der Waals surface area contributed by atoms with E-state index in [9.17, 15) is 5.11 Å². The van der Waals surface area contributed by atoms with Gasteiger partial charge in [0.2, 0.25) is 0 Å². The van der Waals surface area contributed by atoms with E-state index >= 15 is 0 Å². The predicted octanol–water partition coefficient (Wildman–Crippen LogP) is 2.49. The quantitative estimate of drug-likeness (QED) is 0.867. The molecule has 3 heteroatoms. The number of phenols is 1. The molecule has 3 N–H and O–H groups in total. The molecule has 1 unspecified atom stereocenters. The van der Waals surface area contributed by atoms with E-state index in [-0.39, 0.29) is 11.7 Å². The summed E-state index contributed by atoms with van der Waals surface area (Å²) in [5, 5.41) is 9.30. The highest BCUT2D eigenvalue weighted by Gasteiger charge is 2.12. The Labute approximate surface area is 107 Å². The molecule has 0 saturated carbocycles. The summed E-state index contributed by atoms with van der Waals surface area (Å²) in [7, 11) is 1.65. The van der Waals surface area contributed by atoms with Crippen molar-refractivity contribution in [2.75, 3.05) is 13.7 Å². The fraction of sp³-hybridized carbons (Fsp3) is 0.200. The standard InChI is InChI=1S/C15H17NO2/c1-18-14-8-4-12(5-9-14)15(10-16)11-2-6-13(17)7-3-11/h2-9,15,17H,10,16H2,1H3. The van der Waals surface area contributed by atoms with E-state index < -0.39 is 0 Å². The van der Waals surface area contributed by atoms with Crippen LogP contribution in [0.1, 0.15) is 17.0 Å². The summed E-state index contributed by atoms with van der Waals surface area (Å²) in [6.45, 7) is 0.525. The smallest absolute Gasteiger partial charge is 0.118 e. The molecule has 2 rings (SSSR count). The molecule has 0 amide bonds. The van der Waals surface area contributed by atoms with Crippen LogP contribution in [0.5, 0.6) is 11.5 Å². The van der Waals surface area contributed by atoms with Crippen molar-refractivity contribution in [2.24, 2.45) is 5.73 Å². The van der Waals surface area contributed by atoms with E-state index in [0.29, 0.717) is 6.54 Å². The normalized spacial score (nSPS) is 12.1. The molecule has 0 fully saturated rings. The SMILES string of the molecule is COc1ccc(C(CN)c2ccc(O)cc2)cc1. The van der Waals surface area contributed by atoms with Crippen molar-refractivity contribution in [3.05, 3.63) is 59.7 Å². The summed E-state index contributed by atoms with van der Waals surface area (Å²) in [4.78, 5) is 0. The molecule has 0 bridgehead atoms. The minimum Gasteiger partial charge on any atom is -0.508 e. The lowest BCUT2D eigenvalue weighted by atomic mass is 9.91. The molecule has 1 atom stereocenters. The van der Waals surface area contributed by atoms with E-state index in [2.05, 4.69) is 0 Å². The van der Waals surface area contributed by atoms with Crippen LogP contribution >= 0.6 is 0 Å². The van der Waals surface area contributed by atoms with Gasteiger partial charge in [-0.1, -0.05) is 24.3 Å². The summed E-state index contributed by atoms with van der Waals surface area (Å²) >= 11 is 0. The number of methoxy groups -OCH3 is 1. The van der Waals surface area contributed by atoms with Crippen molar-refractivity contribution in [1.82, 2.24) is 0 Å². The number of hydrogen-bond donors (Lipinski definition) is 2. The van der Waals surface area contributed by atoms with E-state index in [1.165, 1.54) is 0 Å². The van der Waals surface area contributed by atoms with Gasteiger partial charge in [-0.2, -0.15) is 0 Å². The summed E-state index contributed by atoms with van der Waals surface area (Å²) in [6, 6.07) is 15.1. The molecule has 94 valence electrons. The van der Waals surface area contributed by atoms with Gasteiger partial charge < -0.3 is 15.6 Å². The van der Waals surface area contributed by atoms with Gasteiger partial charge in [0.15, 0.2) is 0 Å². The van der Waals surface area contributed by atoms with Crippen LogP contribution in [0.15, 0.2) is 48.5 Å². The fourth-order valence-electron chi connectivity index (χ4n) is 2.01. The Kier molecular flexibility index (Phi) is 3.85. The molecule has 3 nitrogen and oxygen atoms in total. The summed E-state index contributed by atoms with van der Waals surface area (Å²) in [6.07, 6.45) is 0. The van der Waals surface area contributed by atoms with Crippen LogP contribution in [-0.2, 0) is 0 Å². The molecule has 0 aliphatic carbocycles. The lowest BCUT2D eigenvalue weighted by molar-refractivity contribution is 0.414. The third-order valence-electron chi connectivity index (χ3n) is 3.05. The van der Waals surface area contributed by atoms with Gasteiger partial charge in [0.25, 0.3) is 0 Å². The van der Waals surface area contributed by atoms with Crippen molar-refractivity contribution in [3.8, 4) is 11.5 Å². The molecule has 0 heterocycles. The highest BCUT2D eigenvalue weighted by molar-refractivity contribution is 5.38. The third kappa shape index (κ3) is 2.63. The molecule has 0 aromatic heterocycles. The molecule has 0 spiro atoms. The Balaban J connectivity index is 2.29. The van der Waals surface area contributed by atoms with Gasteiger partial charge in [-0.15, -0.1) is 0 Å². The third-order valence-corrected chi connectivity index (χ3v) is 3.05. The monoisotopic (exact) mass is 243 g/mol. The van der Waals surface area contributed by atoms with Gasteiger partial charge in [-0.3, -0.25) is 0 Å². The lowest BCUT2D eigenvalue weighted by Crippen LogP contribution is -2.13. The predicted molar refractivity (Wildman–Crippen MR) is 72.0 cm³/mol. The van der Waals surface area contributed by atoms with Crippen molar-refractivity contribution < 1.29 is 9.84 Å². The van der Waals surface area contributed by atoms with E-state index in [1.807, 2.05) is 36.4 Å². The molecular formula is C15H17NO2. The van der Waals surface area contributed by atoms with Crippen molar-refractivity contribution in [2.45, 2.75) is 5.92 Å². The number of benzene rings is 2. The molecular weight excluding hydrogens is 226 g/mol. The van der Waals surface area contributed by atoms with E-state index in [4.69, 9.17) is 10.5 Å². The minimum absolute atomic E-state index is 0.136. The molecule has 2 aromatic rings. The fourth-order valence-corrected chi connectivity index (χ4v) is 2.01. The Morgan fingerprint density at radius 2 is 1.50 bits per heavy atom. The first-order valence-electron chi connectivity index (χ1n) is 5.87. The van der Waals surface area contributed by atoms with Gasteiger partial charge in [0.05, 0.1) is 7.11 Å². The maximum atomic E-state index is 9.30. The average molecular weight is 243 g/mol. The summed E-state index contributed by atoms with van der Waals surface area (Å²) < 4.78 is 5.14. The Morgan fingerprint density at radius 1 is 1.00 bits per heavy atom. The van der Waals surface area contributed by atoms with Crippen LogP contribution in [0.4, 0.5) is 0 Å². The van der Waals surface area contributed by atoms with Crippen LogP contribution in [-0.4, -0.2) is 18.8 Å². The first-order valence-corrected chi connectivity index (χ1v) is 5.87. The Bertz CT molecular complexity index is 491. The van der Waals surface area contributed by atoms with Gasteiger partial charge in [0.1, 0.15) is 11.5 Å². The lowest BCUT2D eigenvalue weighted by Gasteiger charge is -2.16. The highest BCUT2D eigenvalue weighted by Crippen LogP contribution is 2.26. The van der Waals surface area contributed by atoms with Gasteiger partial charge in [-0.05, 0) is 35.4 Å². The highest BCUT2D eigenvalue weighted by atomic mass is 16.5. The molecule has 0 aliphatic rings.